The lowest BCUT2D eigenvalue weighted by atomic mass is 10.0. The topological polar surface area (TPSA) is 62.4 Å². The summed E-state index contributed by atoms with van der Waals surface area (Å²) < 4.78 is 5.67. The molecule has 1 amide bonds. The minimum atomic E-state index is -0.123. The molecule has 2 aromatic rings. The highest BCUT2D eigenvalue weighted by Gasteiger charge is 2.23. The molecule has 25 heavy (non-hydrogen) atoms. The Balaban J connectivity index is 1.93. The predicted molar refractivity (Wildman–Crippen MR) is 98.7 cm³/mol. The van der Waals surface area contributed by atoms with E-state index in [0.29, 0.717) is 25.1 Å². The number of rotatable bonds is 5. The zero-order valence-corrected chi connectivity index (χ0v) is 15.2. The molecule has 1 aromatic carbocycles. The van der Waals surface area contributed by atoms with Gasteiger partial charge in [0.25, 0.3) is 5.56 Å². The second kappa shape index (κ2) is 7.40. The van der Waals surface area contributed by atoms with Crippen LogP contribution in [-0.4, -0.2) is 35.0 Å². The lowest BCUT2D eigenvalue weighted by Crippen LogP contribution is -2.38. The minimum Gasteiger partial charge on any atom is -0.376 e. The molecular formula is C20H26N2O3. The van der Waals surface area contributed by atoms with Crippen molar-refractivity contribution in [3.8, 4) is 0 Å². The van der Waals surface area contributed by atoms with Crippen molar-refractivity contribution in [2.75, 3.05) is 13.2 Å². The molecule has 1 aliphatic rings. The van der Waals surface area contributed by atoms with Crippen LogP contribution in [0.4, 0.5) is 0 Å². The van der Waals surface area contributed by atoms with Crippen LogP contribution in [0, 0.1) is 13.8 Å². The number of hydrogen-bond acceptors (Lipinski definition) is 3. The molecule has 3 rings (SSSR count). The molecule has 1 aromatic heterocycles. The van der Waals surface area contributed by atoms with Crippen molar-refractivity contribution in [1.29, 1.82) is 0 Å². The Morgan fingerprint density at radius 2 is 2.08 bits per heavy atom. The second-order valence-electron chi connectivity index (χ2n) is 6.87. The summed E-state index contributed by atoms with van der Waals surface area (Å²) in [4.78, 5) is 29.7. The van der Waals surface area contributed by atoms with Crippen LogP contribution in [0.25, 0.3) is 10.9 Å². The third kappa shape index (κ3) is 3.76. The van der Waals surface area contributed by atoms with Gasteiger partial charge in [-0.15, -0.1) is 0 Å². The average molecular weight is 342 g/mol. The first-order valence-electron chi connectivity index (χ1n) is 9.01. The lowest BCUT2D eigenvalue weighted by molar-refractivity contribution is -0.133. The van der Waals surface area contributed by atoms with Crippen molar-refractivity contribution >= 4 is 16.8 Å². The fourth-order valence-corrected chi connectivity index (χ4v) is 3.45. The molecule has 0 radical (unpaired) electrons. The summed E-state index contributed by atoms with van der Waals surface area (Å²) in [7, 11) is 0. The van der Waals surface area contributed by atoms with Gasteiger partial charge < -0.3 is 14.6 Å². The quantitative estimate of drug-likeness (QED) is 0.908. The average Bonchev–Trinajstić information content (AvgIpc) is 3.11. The molecule has 0 unspecified atom stereocenters. The van der Waals surface area contributed by atoms with E-state index in [0.717, 1.165) is 41.5 Å². The van der Waals surface area contributed by atoms with Crippen LogP contribution in [0.5, 0.6) is 0 Å². The van der Waals surface area contributed by atoms with Crippen LogP contribution in [0.2, 0.25) is 0 Å². The minimum absolute atomic E-state index is 0.0518. The number of aromatic nitrogens is 1. The van der Waals surface area contributed by atoms with Gasteiger partial charge in [-0.05, 0) is 43.9 Å². The summed E-state index contributed by atoms with van der Waals surface area (Å²) in [6.07, 6.45) is 2.52. The van der Waals surface area contributed by atoms with Gasteiger partial charge in [-0.3, -0.25) is 9.59 Å². The molecular weight excluding hydrogens is 316 g/mol. The van der Waals surface area contributed by atoms with Crippen molar-refractivity contribution in [2.45, 2.75) is 52.7 Å². The number of carbonyl (C=O) groups is 1. The maximum Gasteiger partial charge on any atom is 0.253 e. The Morgan fingerprint density at radius 3 is 2.76 bits per heavy atom. The first kappa shape index (κ1) is 17.7. The molecule has 1 aliphatic heterocycles. The standard InChI is InChI=1S/C20H26N2O3/c1-4-18(23)22(12-16-6-5-9-25-16)11-15-10-17-13(2)7-8-14(3)19(17)21-20(15)24/h7-8,10,16H,4-6,9,11-12H2,1-3H3,(H,21,24)/t16-/m1/s1. The molecule has 0 aliphatic carbocycles. The summed E-state index contributed by atoms with van der Waals surface area (Å²) >= 11 is 0. The smallest absolute Gasteiger partial charge is 0.253 e. The SMILES string of the molecule is CCC(=O)N(Cc1cc2c(C)ccc(C)c2[nH]c1=O)C[C@H]1CCCO1. The lowest BCUT2D eigenvalue weighted by Gasteiger charge is -2.25. The summed E-state index contributed by atoms with van der Waals surface area (Å²) in [5.74, 6) is 0.0518. The van der Waals surface area contributed by atoms with Crippen LogP contribution in [0.15, 0.2) is 23.0 Å². The van der Waals surface area contributed by atoms with Crippen molar-refractivity contribution in [2.24, 2.45) is 0 Å². The molecule has 5 nitrogen and oxygen atoms in total. The van der Waals surface area contributed by atoms with Crippen LogP contribution in [0.1, 0.15) is 42.9 Å². The Morgan fingerprint density at radius 1 is 1.32 bits per heavy atom. The number of nitrogens with one attached hydrogen (secondary N) is 1. The highest BCUT2D eigenvalue weighted by Crippen LogP contribution is 2.21. The van der Waals surface area contributed by atoms with E-state index >= 15 is 0 Å². The number of amides is 1. The number of aromatic amines is 1. The first-order valence-corrected chi connectivity index (χ1v) is 9.01. The van der Waals surface area contributed by atoms with Crippen LogP contribution < -0.4 is 5.56 Å². The van der Waals surface area contributed by atoms with E-state index in [2.05, 4.69) is 11.1 Å². The molecule has 0 spiro atoms. The van der Waals surface area contributed by atoms with Gasteiger partial charge in [-0.2, -0.15) is 0 Å². The van der Waals surface area contributed by atoms with Gasteiger partial charge in [0, 0.05) is 30.5 Å². The van der Waals surface area contributed by atoms with E-state index in [4.69, 9.17) is 4.74 Å². The third-order valence-electron chi connectivity index (χ3n) is 4.98. The fourth-order valence-electron chi connectivity index (χ4n) is 3.45. The maximum atomic E-state index is 12.6. The van der Waals surface area contributed by atoms with Crippen LogP contribution >= 0.6 is 0 Å². The highest BCUT2D eigenvalue weighted by atomic mass is 16.5. The Hall–Kier alpha value is -2.14. The zero-order chi connectivity index (χ0) is 18.0. The van der Waals surface area contributed by atoms with Gasteiger partial charge in [0.2, 0.25) is 5.91 Å². The van der Waals surface area contributed by atoms with E-state index in [9.17, 15) is 9.59 Å². The van der Waals surface area contributed by atoms with E-state index in [1.807, 2.05) is 32.9 Å². The maximum absolute atomic E-state index is 12.6. The van der Waals surface area contributed by atoms with Gasteiger partial charge in [0.05, 0.1) is 18.2 Å². The molecule has 5 heteroatoms. The third-order valence-corrected chi connectivity index (χ3v) is 4.98. The Kier molecular flexibility index (Phi) is 5.23. The van der Waals surface area contributed by atoms with Crippen molar-refractivity contribution in [1.82, 2.24) is 9.88 Å². The van der Waals surface area contributed by atoms with Gasteiger partial charge in [-0.25, -0.2) is 0 Å². The van der Waals surface area contributed by atoms with Gasteiger partial charge in [0.15, 0.2) is 0 Å². The van der Waals surface area contributed by atoms with Gasteiger partial charge in [0.1, 0.15) is 0 Å². The summed E-state index contributed by atoms with van der Waals surface area (Å²) in [5, 5.41) is 1.04. The van der Waals surface area contributed by atoms with E-state index in [-0.39, 0.29) is 17.6 Å². The first-order chi connectivity index (χ1) is 12.0. The fraction of sp³-hybridized carbons (Fsp3) is 0.500. The molecule has 0 saturated carbocycles. The van der Waals surface area contributed by atoms with Gasteiger partial charge in [-0.1, -0.05) is 19.1 Å². The van der Waals surface area contributed by atoms with Gasteiger partial charge >= 0.3 is 0 Å². The van der Waals surface area contributed by atoms with Crippen LogP contribution in [0.3, 0.4) is 0 Å². The van der Waals surface area contributed by atoms with E-state index in [1.165, 1.54) is 0 Å². The van der Waals surface area contributed by atoms with Crippen molar-refractivity contribution < 1.29 is 9.53 Å². The number of ether oxygens (including phenoxy) is 1. The molecule has 0 bridgehead atoms. The number of H-pyrrole nitrogens is 1. The molecule has 2 heterocycles. The second-order valence-corrected chi connectivity index (χ2v) is 6.87. The Bertz CT molecular complexity index is 835. The normalized spacial score (nSPS) is 17.2. The van der Waals surface area contributed by atoms with E-state index in [1.54, 1.807) is 4.90 Å². The summed E-state index contributed by atoms with van der Waals surface area (Å²) in [5.41, 5.74) is 3.54. The number of aryl methyl sites for hydroxylation is 2. The number of carbonyl (C=O) groups excluding carboxylic acids is 1. The van der Waals surface area contributed by atoms with Crippen LogP contribution in [-0.2, 0) is 16.1 Å². The van der Waals surface area contributed by atoms with Crippen molar-refractivity contribution in [3.63, 3.8) is 0 Å². The predicted octanol–water partition coefficient (Wildman–Crippen LogP) is 3.06. The number of benzene rings is 1. The number of hydrogen-bond donors (Lipinski definition) is 1. The highest BCUT2D eigenvalue weighted by molar-refractivity contribution is 5.85. The van der Waals surface area contributed by atoms with E-state index < -0.39 is 0 Å². The molecule has 1 saturated heterocycles. The largest absolute Gasteiger partial charge is 0.376 e. The molecule has 134 valence electrons. The van der Waals surface area contributed by atoms with Crippen molar-refractivity contribution in [3.05, 3.63) is 45.2 Å². The Labute approximate surface area is 148 Å². The summed E-state index contributed by atoms with van der Waals surface area (Å²) in [6.45, 7) is 7.51. The number of nitrogens with zero attached hydrogens (tertiary/aromatic N) is 1. The zero-order valence-electron chi connectivity index (χ0n) is 15.2. The molecule has 1 N–H and O–H groups in total. The summed E-state index contributed by atoms with van der Waals surface area (Å²) in [6, 6.07) is 6.00. The molecule has 1 fully saturated rings. The molecule has 1 atom stereocenters. The monoisotopic (exact) mass is 342 g/mol. The number of pyridine rings is 1. The number of fused-ring (bicyclic) bond motifs is 1.